The second-order valence-electron chi connectivity index (χ2n) is 5.33. The molecule has 0 aliphatic carbocycles. The molecule has 0 saturated heterocycles. The van der Waals surface area contributed by atoms with Crippen LogP contribution in [0.2, 0.25) is 0 Å². The predicted octanol–water partition coefficient (Wildman–Crippen LogP) is 2.89. The number of carbonyl (C=O) groups excluding carboxylic acids is 2. The first-order valence-corrected chi connectivity index (χ1v) is 7.78. The first kappa shape index (κ1) is 17.7. The topological polar surface area (TPSA) is 127 Å². The summed E-state index contributed by atoms with van der Waals surface area (Å²) in [4.78, 5) is 43.0. The molecule has 1 aromatic carbocycles. The molecule has 27 heavy (non-hydrogen) atoms. The van der Waals surface area contributed by atoms with Gasteiger partial charge in [-0.05, 0) is 30.3 Å². The number of hydrogen-bond donors (Lipinski definition) is 2. The van der Waals surface area contributed by atoms with Crippen LogP contribution in [0.25, 0.3) is 0 Å². The average Bonchev–Trinajstić information content (AvgIpc) is 2.70. The van der Waals surface area contributed by atoms with Gasteiger partial charge in [-0.15, -0.1) is 0 Å². The molecule has 0 aliphatic rings. The first-order valence-electron chi connectivity index (χ1n) is 7.78. The molecular weight excluding hydrogens is 350 g/mol. The third-order valence-corrected chi connectivity index (χ3v) is 3.51. The van der Waals surface area contributed by atoms with Crippen LogP contribution in [0.4, 0.5) is 17.1 Å². The van der Waals surface area contributed by atoms with Crippen LogP contribution in [0.3, 0.4) is 0 Å². The van der Waals surface area contributed by atoms with Gasteiger partial charge in [0.1, 0.15) is 11.4 Å². The summed E-state index contributed by atoms with van der Waals surface area (Å²) in [6, 6.07) is 13.4. The molecule has 134 valence electrons. The molecule has 0 radical (unpaired) electrons. The number of aromatic nitrogens is 2. The molecule has 3 rings (SSSR count). The van der Waals surface area contributed by atoms with Crippen LogP contribution in [0.5, 0.6) is 0 Å². The second kappa shape index (κ2) is 7.83. The molecular formula is C18H13N5O4. The molecule has 0 atom stereocenters. The van der Waals surface area contributed by atoms with E-state index in [9.17, 15) is 19.7 Å². The van der Waals surface area contributed by atoms with Gasteiger partial charge in [0.25, 0.3) is 17.5 Å². The van der Waals surface area contributed by atoms with Crippen molar-refractivity contribution in [2.75, 3.05) is 10.6 Å². The minimum absolute atomic E-state index is 0.0733. The molecule has 0 unspecified atom stereocenters. The van der Waals surface area contributed by atoms with Crippen LogP contribution < -0.4 is 10.6 Å². The number of nitro benzene ring substituents is 1. The number of rotatable bonds is 5. The Labute approximate surface area is 153 Å². The molecule has 3 aromatic rings. The number of anilines is 2. The van der Waals surface area contributed by atoms with Gasteiger partial charge in [0.2, 0.25) is 0 Å². The standard InChI is InChI=1S/C18H13N5O4/c24-17(14-5-1-3-9-19-14)21-13-8-7-12(23(26)27)11-16(13)22-18(25)15-6-2-4-10-20-15/h1-11H,(H,21,24)(H,22,25). The number of nitrogens with zero attached hydrogens (tertiary/aromatic N) is 3. The molecule has 0 bridgehead atoms. The Balaban J connectivity index is 1.90. The van der Waals surface area contributed by atoms with E-state index in [1.807, 2.05) is 0 Å². The largest absolute Gasteiger partial charge is 0.319 e. The molecule has 9 nitrogen and oxygen atoms in total. The maximum atomic E-state index is 12.3. The van der Waals surface area contributed by atoms with Gasteiger partial charge in [0.05, 0.1) is 16.3 Å². The maximum absolute atomic E-state index is 12.3. The van der Waals surface area contributed by atoms with E-state index >= 15 is 0 Å². The molecule has 0 aliphatic heterocycles. The maximum Gasteiger partial charge on any atom is 0.274 e. The lowest BCUT2D eigenvalue weighted by molar-refractivity contribution is -0.384. The lowest BCUT2D eigenvalue weighted by atomic mass is 10.2. The Morgan fingerprint density at radius 3 is 1.85 bits per heavy atom. The van der Waals surface area contributed by atoms with Gasteiger partial charge in [-0.2, -0.15) is 0 Å². The van der Waals surface area contributed by atoms with E-state index in [0.717, 1.165) is 6.07 Å². The average molecular weight is 363 g/mol. The zero-order chi connectivity index (χ0) is 19.2. The molecule has 0 fully saturated rings. The summed E-state index contributed by atoms with van der Waals surface area (Å²) in [5, 5.41) is 16.2. The third kappa shape index (κ3) is 4.28. The summed E-state index contributed by atoms with van der Waals surface area (Å²) < 4.78 is 0. The van der Waals surface area contributed by atoms with Crippen LogP contribution in [0.15, 0.2) is 67.0 Å². The summed E-state index contributed by atoms with van der Waals surface area (Å²) in [5.74, 6) is -1.08. The lowest BCUT2D eigenvalue weighted by Gasteiger charge is -2.12. The zero-order valence-electron chi connectivity index (χ0n) is 13.8. The summed E-state index contributed by atoms with van der Waals surface area (Å²) in [6.07, 6.45) is 2.92. The Bertz CT molecular complexity index is 993. The van der Waals surface area contributed by atoms with Crippen LogP contribution in [0.1, 0.15) is 21.0 Å². The highest BCUT2D eigenvalue weighted by molar-refractivity contribution is 6.09. The van der Waals surface area contributed by atoms with Crippen molar-refractivity contribution in [1.29, 1.82) is 0 Å². The zero-order valence-corrected chi connectivity index (χ0v) is 13.8. The van der Waals surface area contributed by atoms with Crippen molar-refractivity contribution in [2.24, 2.45) is 0 Å². The Morgan fingerprint density at radius 1 is 0.815 bits per heavy atom. The fourth-order valence-corrected chi connectivity index (χ4v) is 2.23. The van der Waals surface area contributed by atoms with Gasteiger partial charge >= 0.3 is 0 Å². The van der Waals surface area contributed by atoms with Crippen LogP contribution in [0, 0.1) is 10.1 Å². The van der Waals surface area contributed by atoms with Gasteiger partial charge in [0.15, 0.2) is 0 Å². The van der Waals surface area contributed by atoms with Gasteiger partial charge < -0.3 is 10.6 Å². The number of hydrogen-bond acceptors (Lipinski definition) is 6. The van der Waals surface area contributed by atoms with Gasteiger partial charge in [-0.1, -0.05) is 12.1 Å². The SMILES string of the molecule is O=C(Nc1ccc([N+](=O)[O-])cc1NC(=O)c1ccccn1)c1ccccn1. The number of pyridine rings is 2. The lowest BCUT2D eigenvalue weighted by Crippen LogP contribution is -2.18. The van der Waals surface area contributed by atoms with Crippen LogP contribution in [-0.4, -0.2) is 26.7 Å². The highest BCUT2D eigenvalue weighted by Gasteiger charge is 2.17. The van der Waals surface area contributed by atoms with E-state index in [0.29, 0.717) is 0 Å². The fourth-order valence-electron chi connectivity index (χ4n) is 2.23. The number of amides is 2. The summed E-state index contributed by atoms with van der Waals surface area (Å²) in [7, 11) is 0. The Kier molecular flexibility index (Phi) is 5.12. The monoisotopic (exact) mass is 363 g/mol. The van der Waals surface area contributed by atoms with Crippen molar-refractivity contribution >= 4 is 28.9 Å². The molecule has 2 aromatic heterocycles. The van der Waals surface area contributed by atoms with Crippen LogP contribution >= 0.6 is 0 Å². The van der Waals surface area contributed by atoms with E-state index in [-0.39, 0.29) is 28.5 Å². The van der Waals surface area contributed by atoms with E-state index in [1.165, 1.54) is 36.7 Å². The molecule has 0 spiro atoms. The predicted molar refractivity (Wildman–Crippen MR) is 97.5 cm³/mol. The van der Waals surface area contributed by atoms with Gasteiger partial charge in [0, 0.05) is 24.5 Å². The number of carbonyl (C=O) groups is 2. The number of benzene rings is 1. The molecule has 2 N–H and O–H groups in total. The van der Waals surface area contributed by atoms with Crippen molar-refractivity contribution in [3.05, 3.63) is 88.5 Å². The number of nitrogens with one attached hydrogen (secondary N) is 2. The first-order chi connectivity index (χ1) is 13.0. The van der Waals surface area contributed by atoms with Crippen molar-refractivity contribution < 1.29 is 14.5 Å². The van der Waals surface area contributed by atoms with E-state index in [2.05, 4.69) is 20.6 Å². The second-order valence-corrected chi connectivity index (χ2v) is 5.33. The third-order valence-electron chi connectivity index (χ3n) is 3.51. The molecule has 0 saturated carbocycles. The van der Waals surface area contributed by atoms with Crippen molar-refractivity contribution in [3.8, 4) is 0 Å². The summed E-state index contributed by atoms with van der Waals surface area (Å²) in [6.45, 7) is 0. The van der Waals surface area contributed by atoms with Gasteiger partial charge in [-0.3, -0.25) is 29.7 Å². The minimum Gasteiger partial charge on any atom is -0.319 e. The smallest absolute Gasteiger partial charge is 0.274 e. The Morgan fingerprint density at radius 2 is 1.37 bits per heavy atom. The van der Waals surface area contributed by atoms with Crippen LogP contribution in [-0.2, 0) is 0 Å². The number of nitro groups is 1. The normalized spacial score (nSPS) is 10.1. The van der Waals surface area contributed by atoms with Crippen molar-refractivity contribution in [1.82, 2.24) is 9.97 Å². The molecule has 2 heterocycles. The minimum atomic E-state index is -0.596. The summed E-state index contributed by atoms with van der Waals surface area (Å²) >= 11 is 0. The Hall–Kier alpha value is -4.14. The van der Waals surface area contributed by atoms with Gasteiger partial charge in [-0.25, -0.2) is 0 Å². The quantitative estimate of drug-likeness (QED) is 0.530. The number of non-ortho nitro benzene ring substituents is 1. The molecule has 9 heteroatoms. The fraction of sp³-hybridized carbons (Fsp3) is 0. The van der Waals surface area contributed by atoms with E-state index in [1.54, 1.807) is 24.3 Å². The van der Waals surface area contributed by atoms with Crippen molar-refractivity contribution in [3.63, 3.8) is 0 Å². The highest BCUT2D eigenvalue weighted by Crippen LogP contribution is 2.28. The molecule has 2 amide bonds. The van der Waals surface area contributed by atoms with E-state index in [4.69, 9.17) is 0 Å². The van der Waals surface area contributed by atoms with Crippen molar-refractivity contribution in [2.45, 2.75) is 0 Å². The highest BCUT2D eigenvalue weighted by atomic mass is 16.6. The summed E-state index contributed by atoms with van der Waals surface area (Å²) in [5.41, 5.74) is 0.329. The van der Waals surface area contributed by atoms with E-state index < -0.39 is 16.7 Å².